The summed E-state index contributed by atoms with van der Waals surface area (Å²) in [6, 6.07) is 5.22. The molecular weight excluding hydrogens is 268 g/mol. The third kappa shape index (κ3) is 2.98. The van der Waals surface area contributed by atoms with E-state index in [0.717, 1.165) is 4.57 Å². The first-order valence-electron chi connectivity index (χ1n) is 5.91. The van der Waals surface area contributed by atoms with Crippen molar-refractivity contribution >= 4 is 5.69 Å². The van der Waals surface area contributed by atoms with Gasteiger partial charge < -0.3 is 14.8 Å². The Kier molecular flexibility index (Phi) is 4.39. The van der Waals surface area contributed by atoms with Crippen molar-refractivity contribution in [2.75, 3.05) is 19.5 Å². The van der Waals surface area contributed by atoms with E-state index in [1.165, 1.54) is 19.5 Å². The van der Waals surface area contributed by atoms with Crippen molar-refractivity contribution in [2.45, 2.75) is 13.1 Å². The monoisotopic (exact) mass is 283 g/mol. The second-order valence-electron chi connectivity index (χ2n) is 3.95. The summed E-state index contributed by atoms with van der Waals surface area (Å²) >= 11 is 0. The molecule has 0 radical (unpaired) electrons. The molecular formula is C13H15F2N3O2. The molecule has 108 valence electrons. The van der Waals surface area contributed by atoms with Gasteiger partial charge in [0.05, 0.1) is 26.5 Å². The molecule has 0 amide bonds. The minimum atomic E-state index is -2.60. The van der Waals surface area contributed by atoms with Gasteiger partial charge in [-0.05, 0) is 12.1 Å². The maximum Gasteiger partial charge on any atom is 0.319 e. The van der Waals surface area contributed by atoms with Gasteiger partial charge in [-0.2, -0.15) is 8.78 Å². The minimum Gasteiger partial charge on any atom is -0.497 e. The van der Waals surface area contributed by atoms with E-state index in [4.69, 9.17) is 9.47 Å². The molecule has 7 heteroatoms. The molecule has 1 heterocycles. The summed E-state index contributed by atoms with van der Waals surface area (Å²) in [6.45, 7) is -2.44. The number of halogens is 2. The number of nitrogens with zero attached hydrogens (tertiary/aromatic N) is 2. The number of rotatable bonds is 6. The van der Waals surface area contributed by atoms with Crippen molar-refractivity contribution < 1.29 is 18.3 Å². The summed E-state index contributed by atoms with van der Waals surface area (Å²) in [5.41, 5.74) is 0.678. The normalized spacial score (nSPS) is 10.7. The van der Waals surface area contributed by atoms with Crippen LogP contribution in [0.1, 0.15) is 12.4 Å². The van der Waals surface area contributed by atoms with E-state index in [1.807, 2.05) is 0 Å². The number of anilines is 1. The van der Waals surface area contributed by atoms with Crippen LogP contribution in [-0.2, 0) is 6.54 Å². The SMILES string of the molecule is COc1ccc(NCc2nccn2C(F)F)c(OC)c1. The topological polar surface area (TPSA) is 48.3 Å². The van der Waals surface area contributed by atoms with Gasteiger partial charge in [0.2, 0.25) is 0 Å². The van der Waals surface area contributed by atoms with E-state index in [0.29, 0.717) is 17.2 Å². The highest BCUT2D eigenvalue weighted by molar-refractivity contribution is 5.59. The Hall–Kier alpha value is -2.31. The molecule has 20 heavy (non-hydrogen) atoms. The Labute approximate surface area is 115 Å². The van der Waals surface area contributed by atoms with Crippen LogP contribution in [-0.4, -0.2) is 23.8 Å². The molecule has 2 rings (SSSR count). The molecule has 1 aromatic heterocycles. The number of hydrogen-bond acceptors (Lipinski definition) is 4. The predicted molar refractivity (Wildman–Crippen MR) is 70.4 cm³/mol. The summed E-state index contributed by atoms with van der Waals surface area (Å²) in [6.07, 6.45) is 2.58. The van der Waals surface area contributed by atoms with E-state index >= 15 is 0 Å². The quantitative estimate of drug-likeness (QED) is 0.885. The lowest BCUT2D eigenvalue weighted by atomic mass is 10.2. The molecule has 0 aliphatic rings. The lowest BCUT2D eigenvalue weighted by molar-refractivity contribution is 0.0673. The zero-order chi connectivity index (χ0) is 14.5. The summed E-state index contributed by atoms with van der Waals surface area (Å²) in [7, 11) is 3.08. The molecule has 0 fully saturated rings. The Morgan fingerprint density at radius 3 is 2.75 bits per heavy atom. The Morgan fingerprint density at radius 1 is 1.30 bits per heavy atom. The first-order valence-corrected chi connectivity index (χ1v) is 5.91. The van der Waals surface area contributed by atoms with Crippen molar-refractivity contribution in [3.05, 3.63) is 36.4 Å². The van der Waals surface area contributed by atoms with Gasteiger partial charge in [-0.25, -0.2) is 4.98 Å². The smallest absolute Gasteiger partial charge is 0.319 e. The Balaban J connectivity index is 2.12. The van der Waals surface area contributed by atoms with Crippen LogP contribution in [0.25, 0.3) is 0 Å². The minimum absolute atomic E-state index is 0.167. The number of benzene rings is 1. The molecule has 5 nitrogen and oxygen atoms in total. The number of ether oxygens (including phenoxy) is 2. The van der Waals surface area contributed by atoms with Gasteiger partial charge in [0.1, 0.15) is 17.3 Å². The van der Waals surface area contributed by atoms with Gasteiger partial charge >= 0.3 is 6.55 Å². The second kappa shape index (κ2) is 6.23. The van der Waals surface area contributed by atoms with Crippen molar-refractivity contribution in [1.29, 1.82) is 0 Å². The summed E-state index contributed by atoms with van der Waals surface area (Å²) < 4.78 is 36.5. The zero-order valence-corrected chi connectivity index (χ0v) is 11.1. The van der Waals surface area contributed by atoms with E-state index in [-0.39, 0.29) is 12.4 Å². The molecule has 0 unspecified atom stereocenters. The van der Waals surface area contributed by atoms with Gasteiger partial charge in [-0.1, -0.05) is 0 Å². The lowest BCUT2D eigenvalue weighted by Gasteiger charge is -2.13. The van der Waals surface area contributed by atoms with Crippen LogP contribution in [0.5, 0.6) is 11.5 Å². The molecule has 0 bridgehead atoms. The van der Waals surface area contributed by atoms with E-state index in [9.17, 15) is 8.78 Å². The third-order valence-corrected chi connectivity index (χ3v) is 2.80. The van der Waals surface area contributed by atoms with Gasteiger partial charge in [0.25, 0.3) is 0 Å². The maximum absolute atomic E-state index is 12.7. The van der Waals surface area contributed by atoms with Crippen molar-refractivity contribution in [1.82, 2.24) is 9.55 Å². The first-order chi connectivity index (χ1) is 9.65. The van der Waals surface area contributed by atoms with Crippen LogP contribution in [0.15, 0.2) is 30.6 Å². The van der Waals surface area contributed by atoms with Gasteiger partial charge in [-0.3, -0.25) is 4.57 Å². The summed E-state index contributed by atoms with van der Waals surface area (Å²) in [4.78, 5) is 3.90. The molecule has 0 saturated carbocycles. The number of hydrogen-bond donors (Lipinski definition) is 1. The first kappa shape index (κ1) is 14.1. The molecule has 1 aromatic carbocycles. The summed E-state index contributed by atoms with van der Waals surface area (Å²) in [5.74, 6) is 1.47. The molecule has 0 atom stereocenters. The van der Waals surface area contributed by atoms with Crippen LogP contribution < -0.4 is 14.8 Å². The van der Waals surface area contributed by atoms with Gasteiger partial charge in [0.15, 0.2) is 0 Å². The molecule has 1 N–H and O–H groups in total. The van der Waals surface area contributed by atoms with E-state index < -0.39 is 6.55 Å². The van der Waals surface area contributed by atoms with Gasteiger partial charge in [-0.15, -0.1) is 0 Å². The van der Waals surface area contributed by atoms with Crippen LogP contribution in [0, 0.1) is 0 Å². The molecule has 0 saturated heterocycles. The standard InChI is InChI=1S/C13H15F2N3O2/c1-19-9-3-4-10(11(7-9)20-2)17-8-12-16-5-6-18(12)13(14)15/h3-7,13,17H,8H2,1-2H3. The predicted octanol–water partition coefficient (Wildman–Crippen LogP) is 2.91. The average molecular weight is 283 g/mol. The number of alkyl halides is 2. The maximum atomic E-state index is 12.7. The van der Waals surface area contributed by atoms with Crippen LogP contribution in [0.4, 0.5) is 14.5 Å². The molecule has 0 aliphatic heterocycles. The van der Waals surface area contributed by atoms with Crippen molar-refractivity contribution in [2.24, 2.45) is 0 Å². The van der Waals surface area contributed by atoms with Crippen LogP contribution in [0.3, 0.4) is 0 Å². The number of aromatic nitrogens is 2. The molecule has 0 spiro atoms. The van der Waals surface area contributed by atoms with Crippen molar-refractivity contribution in [3.8, 4) is 11.5 Å². The fourth-order valence-corrected chi connectivity index (χ4v) is 1.78. The molecule has 2 aromatic rings. The highest BCUT2D eigenvalue weighted by atomic mass is 19.3. The Bertz CT molecular complexity index is 572. The summed E-state index contributed by atoms with van der Waals surface area (Å²) in [5, 5.41) is 3.02. The Morgan fingerprint density at radius 2 is 2.10 bits per heavy atom. The average Bonchev–Trinajstić information content (AvgIpc) is 2.93. The fraction of sp³-hybridized carbons (Fsp3) is 0.308. The number of imidazole rings is 1. The zero-order valence-electron chi connectivity index (χ0n) is 11.1. The number of methoxy groups -OCH3 is 2. The van der Waals surface area contributed by atoms with Gasteiger partial charge in [0, 0.05) is 18.5 Å². The van der Waals surface area contributed by atoms with Crippen LogP contribution in [0.2, 0.25) is 0 Å². The van der Waals surface area contributed by atoms with Crippen LogP contribution >= 0.6 is 0 Å². The van der Waals surface area contributed by atoms with Crippen molar-refractivity contribution in [3.63, 3.8) is 0 Å². The van der Waals surface area contributed by atoms with E-state index in [1.54, 1.807) is 25.3 Å². The largest absolute Gasteiger partial charge is 0.497 e. The number of nitrogens with one attached hydrogen (secondary N) is 1. The highest BCUT2D eigenvalue weighted by Crippen LogP contribution is 2.29. The lowest BCUT2D eigenvalue weighted by Crippen LogP contribution is -2.09. The molecule has 0 aliphatic carbocycles. The fourth-order valence-electron chi connectivity index (χ4n) is 1.78. The highest BCUT2D eigenvalue weighted by Gasteiger charge is 2.12. The second-order valence-corrected chi connectivity index (χ2v) is 3.95. The van der Waals surface area contributed by atoms with E-state index in [2.05, 4.69) is 10.3 Å². The third-order valence-electron chi connectivity index (χ3n) is 2.80.